The van der Waals surface area contributed by atoms with Gasteiger partial charge in [0.1, 0.15) is 11.6 Å². The number of methoxy groups -OCH3 is 1. The number of carbonyl (C=O) groups is 2. The maximum atomic E-state index is 13.9. The van der Waals surface area contributed by atoms with Gasteiger partial charge in [-0.25, -0.2) is 9.37 Å². The van der Waals surface area contributed by atoms with Crippen LogP contribution in [0.5, 0.6) is 5.75 Å². The Labute approximate surface area is 197 Å². The Morgan fingerprint density at radius 2 is 1.88 bits per heavy atom. The van der Waals surface area contributed by atoms with Gasteiger partial charge in [-0.05, 0) is 31.0 Å². The maximum Gasteiger partial charge on any atom is 0.227 e. The first-order valence-corrected chi connectivity index (χ1v) is 11.4. The number of benzene rings is 2. The van der Waals surface area contributed by atoms with Crippen molar-refractivity contribution < 1.29 is 23.1 Å². The van der Waals surface area contributed by atoms with Crippen LogP contribution in [-0.2, 0) is 22.4 Å². The molecule has 1 aliphatic rings. The van der Waals surface area contributed by atoms with Crippen molar-refractivity contribution in [1.82, 2.24) is 15.2 Å². The van der Waals surface area contributed by atoms with Gasteiger partial charge >= 0.3 is 0 Å². The number of nitrogens with one attached hydrogen (secondary N) is 1. The topological polar surface area (TPSA) is 84.7 Å². The molecule has 0 radical (unpaired) electrons. The lowest BCUT2D eigenvalue weighted by Gasteiger charge is -2.32. The third-order valence-corrected chi connectivity index (χ3v) is 6.01. The van der Waals surface area contributed by atoms with Crippen molar-refractivity contribution in [1.29, 1.82) is 0 Å². The number of rotatable bonds is 8. The molecule has 2 amide bonds. The largest absolute Gasteiger partial charge is 0.496 e. The van der Waals surface area contributed by atoms with Crippen LogP contribution in [0.15, 0.2) is 59.1 Å². The highest BCUT2D eigenvalue weighted by Gasteiger charge is 2.24. The summed E-state index contributed by atoms with van der Waals surface area (Å²) in [6.07, 6.45) is 3.75. The van der Waals surface area contributed by atoms with E-state index >= 15 is 0 Å². The molecule has 1 aliphatic heterocycles. The number of ether oxygens (including phenoxy) is 1. The first-order chi connectivity index (χ1) is 16.5. The summed E-state index contributed by atoms with van der Waals surface area (Å²) in [4.78, 5) is 31.1. The van der Waals surface area contributed by atoms with Crippen LogP contribution in [0.4, 0.5) is 4.39 Å². The Bertz CT molecular complexity index is 1140. The van der Waals surface area contributed by atoms with E-state index in [9.17, 15) is 14.0 Å². The second kappa shape index (κ2) is 11.0. The molecule has 0 unspecified atom stereocenters. The molecule has 1 aromatic heterocycles. The van der Waals surface area contributed by atoms with E-state index in [1.165, 1.54) is 12.3 Å². The van der Waals surface area contributed by atoms with Gasteiger partial charge in [-0.1, -0.05) is 30.3 Å². The van der Waals surface area contributed by atoms with Crippen LogP contribution >= 0.6 is 0 Å². The van der Waals surface area contributed by atoms with Crippen LogP contribution in [0.1, 0.15) is 30.7 Å². The van der Waals surface area contributed by atoms with Crippen LogP contribution in [0.3, 0.4) is 0 Å². The van der Waals surface area contributed by atoms with Crippen molar-refractivity contribution in [3.63, 3.8) is 0 Å². The van der Waals surface area contributed by atoms with Crippen LogP contribution in [0.2, 0.25) is 0 Å². The highest BCUT2D eigenvalue weighted by Crippen LogP contribution is 2.24. The van der Waals surface area contributed by atoms with Crippen molar-refractivity contribution in [2.24, 2.45) is 0 Å². The lowest BCUT2D eigenvalue weighted by Crippen LogP contribution is -2.47. The van der Waals surface area contributed by atoms with Crippen molar-refractivity contribution in [2.45, 2.75) is 38.1 Å². The normalized spacial score (nSPS) is 14.1. The highest BCUT2D eigenvalue weighted by atomic mass is 19.1. The minimum absolute atomic E-state index is 0.0290. The molecule has 8 heteroatoms. The van der Waals surface area contributed by atoms with Crippen molar-refractivity contribution >= 4 is 11.8 Å². The van der Waals surface area contributed by atoms with Gasteiger partial charge in [-0.3, -0.25) is 9.59 Å². The summed E-state index contributed by atoms with van der Waals surface area (Å²) in [5.74, 6) is 1.04. The molecule has 0 saturated carbocycles. The first kappa shape index (κ1) is 23.5. The second-order valence-corrected chi connectivity index (χ2v) is 8.31. The molecule has 178 valence electrons. The van der Waals surface area contributed by atoms with E-state index in [1.807, 2.05) is 29.2 Å². The zero-order valence-corrected chi connectivity index (χ0v) is 19.1. The summed E-state index contributed by atoms with van der Waals surface area (Å²) in [6, 6.07) is 13.9. The summed E-state index contributed by atoms with van der Waals surface area (Å²) >= 11 is 0. The molecule has 3 aromatic rings. The number of oxazole rings is 1. The Hall–Kier alpha value is -3.68. The van der Waals surface area contributed by atoms with E-state index in [2.05, 4.69) is 10.3 Å². The van der Waals surface area contributed by atoms with Crippen LogP contribution in [0.25, 0.3) is 11.3 Å². The quantitative estimate of drug-likeness (QED) is 0.548. The van der Waals surface area contributed by atoms with Crippen LogP contribution < -0.4 is 10.1 Å². The first-order valence-electron chi connectivity index (χ1n) is 11.4. The third-order valence-electron chi connectivity index (χ3n) is 6.01. The number of nitrogens with zero attached hydrogens (tertiary/aromatic N) is 2. The highest BCUT2D eigenvalue weighted by molar-refractivity contribution is 5.80. The van der Waals surface area contributed by atoms with Crippen molar-refractivity contribution in [3.05, 3.63) is 72.0 Å². The molecule has 0 bridgehead atoms. The SMILES string of the molecule is COc1ccccc1CC(=O)N1CCC(NC(=O)CCc2ncc(-c3ccccc3F)o2)CC1. The summed E-state index contributed by atoms with van der Waals surface area (Å²) in [5.41, 5.74) is 1.22. The second-order valence-electron chi connectivity index (χ2n) is 8.31. The van der Waals surface area contributed by atoms with E-state index in [-0.39, 0.29) is 30.1 Å². The Balaban J connectivity index is 1.21. The van der Waals surface area contributed by atoms with E-state index < -0.39 is 0 Å². The van der Waals surface area contributed by atoms with E-state index in [1.54, 1.807) is 25.3 Å². The van der Waals surface area contributed by atoms with E-state index in [0.29, 0.717) is 61.7 Å². The smallest absolute Gasteiger partial charge is 0.227 e. The predicted molar refractivity (Wildman–Crippen MR) is 125 cm³/mol. The molecule has 0 atom stereocenters. The minimum Gasteiger partial charge on any atom is -0.496 e. The lowest BCUT2D eigenvalue weighted by atomic mass is 10.0. The number of piperidine rings is 1. The van der Waals surface area contributed by atoms with Gasteiger partial charge in [0.05, 0.1) is 25.3 Å². The van der Waals surface area contributed by atoms with Crippen LogP contribution in [0, 0.1) is 5.82 Å². The molecule has 0 aliphatic carbocycles. The van der Waals surface area contributed by atoms with Gasteiger partial charge in [-0.2, -0.15) is 0 Å². The zero-order chi connectivity index (χ0) is 23.9. The number of para-hydroxylation sites is 1. The summed E-state index contributed by atoms with van der Waals surface area (Å²) in [6.45, 7) is 1.20. The lowest BCUT2D eigenvalue weighted by molar-refractivity contribution is -0.131. The number of aryl methyl sites for hydroxylation is 1. The third kappa shape index (κ3) is 5.81. The molecule has 2 heterocycles. The summed E-state index contributed by atoms with van der Waals surface area (Å²) in [5, 5.41) is 3.04. The van der Waals surface area contributed by atoms with Crippen LogP contribution in [-0.4, -0.2) is 47.9 Å². The molecular formula is C26H28FN3O4. The van der Waals surface area contributed by atoms with Gasteiger partial charge in [0, 0.05) is 37.5 Å². The van der Waals surface area contributed by atoms with Crippen molar-refractivity contribution in [2.75, 3.05) is 20.2 Å². The predicted octanol–water partition coefficient (Wildman–Crippen LogP) is 3.77. The molecule has 4 rings (SSSR count). The molecule has 34 heavy (non-hydrogen) atoms. The average molecular weight is 466 g/mol. The number of hydrogen-bond acceptors (Lipinski definition) is 5. The van der Waals surface area contributed by atoms with Gasteiger partial charge in [-0.15, -0.1) is 0 Å². The molecule has 2 aromatic carbocycles. The van der Waals surface area contributed by atoms with Gasteiger partial charge in [0.2, 0.25) is 11.8 Å². The van der Waals surface area contributed by atoms with Crippen molar-refractivity contribution in [3.8, 4) is 17.1 Å². The molecule has 1 fully saturated rings. The molecule has 0 spiro atoms. The average Bonchev–Trinajstić information content (AvgIpc) is 3.32. The van der Waals surface area contributed by atoms with Gasteiger partial charge < -0.3 is 19.4 Å². The maximum absolute atomic E-state index is 13.9. The number of carbonyl (C=O) groups excluding carboxylic acids is 2. The Morgan fingerprint density at radius 3 is 2.65 bits per heavy atom. The molecular weight excluding hydrogens is 437 g/mol. The number of halogens is 1. The number of amides is 2. The summed E-state index contributed by atoms with van der Waals surface area (Å²) < 4.78 is 24.8. The monoisotopic (exact) mass is 465 g/mol. The molecule has 1 saturated heterocycles. The fraction of sp³-hybridized carbons (Fsp3) is 0.346. The summed E-state index contributed by atoms with van der Waals surface area (Å²) in [7, 11) is 1.60. The van der Waals surface area contributed by atoms with Gasteiger partial charge in [0.25, 0.3) is 0 Å². The fourth-order valence-electron chi connectivity index (χ4n) is 4.13. The van der Waals surface area contributed by atoms with Gasteiger partial charge in [0.15, 0.2) is 11.7 Å². The number of likely N-dealkylation sites (tertiary alicyclic amines) is 1. The number of aromatic nitrogens is 1. The minimum atomic E-state index is -0.379. The standard InChI is InChI=1S/C26H28FN3O4/c1-33-22-9-5-2-6-18(22)16-26(32)30-14-12-19(13-15-30)29-24(31)10-11-25-28-17-23(34-25)20-7-3-4-8-21(20)27/h2-9,17,19H,10-16H2,1H3,(H,29,31). The molecule has 7 nitrogen and oxygen atoms in total. The number of hydrogen-bond donors (Lipinski definition) is 1. The zero-order valence-electron chi connectivity index (χ0n) is 19.1. The molecule has 1 N–H and O–H groups in total. The van der Waals surface area contributed by atoms with E-state index in [0.717, 1.165) is 5.56 Å². The van der Waals surface area contributed by atoms with E-state index in [4.69, 9.17) is 9.15 Å². The Morgan fingerprint density at radius 1 is 1.15 bits per heavy atom. The Kier molecular flexibility index (Phi) is 7.57. The fourth-order valence-corrected chi connectivity index (χ4v) is 4.13.